The van der Waals surface area contributed by atoms with Crippen molar-refractivity contribution in [1.82, 2.24) is 15.0 Å². The fraction of sp³-hybridized carbons (Fsp3) is 0.0909. The first kappa shape index (κ1) is 10.6. The molecule has 0 atom stereocenters. The van der Waals surface area contributed by atoms with Crippen LogP contribution in [0.25, 0.3) is 5.69 Å². The fourth-order valence-corrected chi connectivity index (χ4v) is 1.90. The molecular formula is C11H7FN4O2. The number of hydrogen-bond acceptors (Lipinski definition) is 4. The number of hydrogen-bond donors (Lipinski definition) is 1. The molecule has 1 N–H and O–H groups in total. The SMILES string of the molecule is O=Cc1nnn2c1CC(=O)Nc1ccc(F)cc1-2. The van der Waals surface area contributed by atoms with E-state index in [-0.39, 0.29) is 18.0 Å². The third-order valence-electron chi connectivity index (χ3n) is 2.69. The lowest BCUT2D eigenvalue weighted by Crippen LogP contribution is -2.13. The van der Waals surface area contributed by atoms with E-state index in [0.717, 1.165) is 0 Å². The molecule has 0 fully saturated rings. The number of aromatic nitrogens is 3. The molecule has 2 heterocycles. The largest absolute Gasteiger partial charge is 0.324 e. The zero-order chi connectivity index (χ0) is 12.7. The number of amides is 1. The van der Waals surface area contributed by atoms with E-state index in [4.69, 9.17) is 0 Å². The Balaban J connectivity index is 2.30. The summed E-state index contributed by atoms with van der Waals surface area (Å²) in [6.45, 7) is 0. The molecule has 0 unspecified atom stereocenters. The van der Waals surface area contributed by atoms with Crippen molar-refractivity contribution in [3.8, 4) is 5.69 Å². The highest BCUT2D eigenvalue weighted by Crippen LogP contribution is 2.26. The molecule has 1 aliphatic heterocycles. The topological polar surface area (TPSA) is 76.9 Å². The Kier molecular flexibility index (Phi) is 2.19. The minimum Gasteiger partial charge on any atom is -0.324 e. The van der Waals surface area contributed by atoms with Crippen molar-refractivity contribution in [3.63, 3.8) is 0 Å². The highest BCUT2D eigenvalue weighted by atomic mass is 19.1. The second-order valence-electron chi connectivity index (χ2n) is 3.84. The van der Waals surface area contributed by atoms with Crippen LogP contribution in [0.2, 0.25) is 0 Å². The molecule has 90 valence electrons. The number of fused-ring (bicyclic) bond motifs is 3. The van der Waals surface area contributed by atoms with E-state index >= 15 is 0 Å². The molecule has 1 aliphatic rings. The van der Waals surface area contributed by atoms with Gasteiger partial charge in [0.1, 0.15) is 11.5 Å². The summed E-state index contributed by atoms with van der Waals surface area (Å²) in [5.74, 6) is -0.758. The van der Waals surface area contributed by atoms with Gasteiger partial charge in [0.05, 0.1) is 23.5 Å². The maximum atomic E-state index is 13.3. The Hall–Kier alpha value is -2.57. The van der Waals surface area contributed by atoms with E-state index in [1.54, 1.807) is 0 Å². The van der Waals surface area contributed by atoms with Crippen molar-refractivity contribution in [2.24, 2.45) is 0 Å². The zero-order valence-corrected chi connectivity index (χ0v) is 9.05. The van der Waals surface area contributed by atoms with Crippen LogP contribution in [-0.4, -0.2) is 27.2 Å². The van der Waals surface area contributed by atoms with Crippen LogP contribution >= 0.6 is 0 Å². The summed E-state index contributed by atoms with van der Waals surface area (Å²) < 4.78 is 14.6. The second-order valence-corrected chi connectivity index (χ2v) is 3.84. The normalized spacial score (nSPS) is 13.3. The molecule has 2 aromatic rings. The third-order valence-corrected chi connectivity index (χ3v) is 2.69. The summed E-state index contributed by atoms with van der Waals surface area (Å²) in [6, 6.07) is 3.91. The van der Waals surface area contributed by atoms with Crippen LogP contribution in [0.5, 0.6) is 0 Å². The predicted molar refractivity (Wildman–Crippen MR) is 59.0 cm³/mol. The zero-order valence-electron chi connectivity index (χ0n) is 9.05. The van der Waals surface area contributed by atoms with Gasteiger partial charge in [0.25, 0.3) is 0 Å². The van der Waals surface area contributed by atoms with Gasteiger partial charge in [-0.25, -0.2) is 9.07 Å². The van der Waals surface area contributed by atoms with Crippen LogP contribution < -0.4 is 5.32 Å². The number of carbonyl (C=O) groups is 2. The summed E-state index contributed by atoms with van der Waals surface area (Å²) in [5.41, 5.74) is 1.23. The maximum absolute atomic E-state index is 13.3. The molecule has 18 heavy (non-hydrogen) atoms. The Labute approximate surface area is 100 Å². The summed E-state index contributed by atoms with van der Waals surface area (Å²) in [4.78, 5) is 22.5. The van der Waals surface area contributed by atoms with Gasteiger partial charge in [-0.3, -0.25) is 9.59 Å². The molecule has 0 saturated heterocycles. The van der Waals surface area contributed by atoms with Crippen LogP contribution in [0.3, 0.4) is 0 Å². The van der Waals surface area contributed by atoms with Gasteiger partial charge in [-0.15, -0.1) is 5.10 Å². The van der Waals surface area contributed by atoms with Crippen molar-refractivity contribution in [2.75, 3.05) is 5.32 Å². The van der Waals surface area contributed by atoms with E-state index in [0.29, 0.717) is 23.4 Å². The van der Waals surface area contributed by atoms with Crippen LogP contribution in [0, 0.1) is 5.82 Å². The Morgan fingerprint density at radius 3 is 3.06 bits per heavy atom. The average molecular weight is 246 g/mol. The van der Waals surface area contributed by atoms with Crippen molar-refractivity contribution in [1.29, 1.82) is 0 Å². The van der Waals surface area contributed by atoms with Gasteiger partial charge >= 0.3 is 0 Å². The third kappa shape index (κ3) is 1.48. The molecule has 6 nitrogen and oxygen atoms in total. The molecule has 0 saturated carbocycles. The lowest BCUT2D eigenvalue weighted by molar-refractivity contribution is -0.115. The standard InChI is InChI=1S/C11H7FN4O2/c12-6-1-2-7-9(3-6)16-10(4-11(18)13-7)8(5-17)14-15-16/h1-3,5H,4H2,(H,13,18). The lowest BCUT2D eigenvalue weighted by atomic mass is 10.2. The van der Waals surface area contributed by atoms with Crippen LogP contribution in [0.15, 0.2) is 18.2 Å². The van der Waals surface area contributed by atoms with Crippen molar-refractivity contribution < 1.29 is 14.0 Å². The Morgan fingerprint density at radius 2 is 2.28 bits per heavy atom. The van der Waals surface area contributed by atoms with Gasteiger partial charge < -0.3 is 5.32 Å². The highest BCUT2D eigenvalue weighted by Gasteiger charge is 2.23. The molecule has 0 bridgehead atoms. The number of benzene rings is 1. The van der Waals surface area contributed by atoms with E-state index < -0.39 is 5.82 Å². The monoisotopic (exact) mass is 246 g/mol. The van der Waals surface area contributed by atoms with Gasteiger partial charge in [0.15, 0.2) is 6.29 Å². The Morgan fingerprint density at radius 1 is 1.44 bits per heavy atom. The first-order valence-corrected chi connectivity index (χ1v) is 5.18. The predicted octanol–water partition coefficient (Wildman–Crippen LogP) is 0.713. The molecule has 7 heteroatoms. The number of rotatable bonds is 1. The summed E-state index contributed by atoms with van der Waals surface area (Å²) in [5, 5.41) is 10.1. The van der Waals surface area contributed by atoms with Gasteiger partial charge in [-0.05, 0) is 12.1 Å². The molecule has 3 rings (SSSR count). The number of halogens is 1. The summed E-state index contributed by atoms with van der Waals surface area (Å²) in [7, 11) is 0. The van der Waals surface area contributed by atoms with Gasteiger partial charge in [-0.2, -0.15) is 0 Å². The molecule has 0 aliphatic carbocycles. The fourth-order valence-electron chi connectivity index (χ4n) is 1.90. The quantitative estimate of drug-likeness (QED) is 0.752. The molecule has 0 spiro atoms. The summed E-state index contributed by atoms with van der Waals surface area (Å²) >= 11 is 0. The highest BCUT2D eigenvalue weighted by molar-refractivity contribution is 5.96. The Bertz CT molecular complexity index is 665. The van der Waals surface area contributed by atoms with Gasteiger partial charge in [0, 0.05) is 6.07 Å². The lowest BCUT2D eigenvalue weighted by Gasteiger charge is -2.06. The van der Waals surface area contributed by atoms with Gasteiger partial charge in [-0.1, -0.05) is 5.21 Å². The minimum absolute atomic E-state index is 0.0304. The van der Waals surface area contributed by atoms with Crippen LogP contribution in [0.1, 0.15) is 16.2 Å². The van der Waals surface area contributed by atoms with Crippen molar-refractivity contribution in [2.45, 2.75) is 6.42 Å². The maximum Gasteiger partial charge on any atom is 0.230 e. The van der Waals surface area contributed by atoms with E-state index in [2.05, 4.69) is 15.6 Å². The number of anilines is 1. The molecule has 1 amide bonds. The first-order chi connectivity index (χ1) is 8.69. The molecule has 1 aromatic heterocycles. The number of carbonyl (C=O) groups excluding carboxylic acids is 2. The minimum atomic E-state index is -0.459. The number of nitrogens with one attached hydrogen (secondary N) is 1. The summed E-state index contributed by atoms with van der Waals surface area (Å²) in [6.07, 6.45) is 0.494. The van der Waals surface area contributed by atoms with Gasteiger partial charge in [0.2, 0.25) is 5.91 Å². The average Bonchev–Trinajstić information content (AvgIpc) is 2.68. The first-order valence-electron chi connectivity index (χ1n) is 5.18. The van der Waals surface area contributed by atoms with E-state index in [1.165, 1.54) is 22.9 Å². The molecule has 0 radical (unpaired) electrons. The van der Waals surface area contributed by atoms with Crippen LogP contribution in [0.4, 0.5) is 10.1 Å². The van der Waals surface area contributed by atoms with E-state index in [9.17, 15) is 14.0 Å². The number of nitrogens with zero attached hydrogens (tertiary/aromatic N) is 3. The molecule has 1 aromatic carbocycles. The van der Waals surface area contributed by atoms with Crippen LogP contribution in [-0.2, 0) is 11.2 Å². The molecular weight excluding hydrogens is 239 g/mol. The number of aldehydes is 1. The van der Waals surface area contributed by atoms with Crippen molar-refractivity contribution in [3.05, 3.63) is 35.4 Å². The second kappa shape index (κ2) is 3.73. The smallest absolute Gasteiger partial charge is 0.230 e. The van der Waals surface area contributed by atoms with E-state index in [1.807, 2.05) is 0 Å². The van der Waals surface area contributed by atoms with Crippen molar-refractivity contribution >= 4 is 17.9 Å².